The fourth-order valence-electron chi connectivity index (χ4n) is 2.18. The summed E-state index contributed by atoms with van der Waals surface area (Å²) in [5.41, 5.74) is 1.19. The molecule has 0 atom stereocenters. The molecule has 0 aliphatic carbocycles. The van der Waals surface area contributed by atoms with Gasteiger partial charge < -0.3 is 15.7 Å². The highest BCUT2D eigenvalue weighted by molar-refractivity contribution is 5.83. The van der Waals surface area contributed by atoms with Crippen molar-refractivity contribution >= 4 is 22.7 Å². The fourth-order valence-corrected chi connectivity index (χ4v) is 2.18. The number of phenolic OH excluding ortho intramolecular Hbond substituents is 1. The first-order valence-corrected chi connectivity index (χ1v) is 6.78. The largest absolute Gasteiger partial charge is 0.506 e. The summed E-state index contributed by atoms with van der Waals surface area (Å²) < 4.78 is 0. The van der Waals surface area contributed by atoms with Crippen LogP contribution in [0.5, 0.6) is 5.75 Å². The van der Waals surface area contributed by atoms with Crippen molar-refractivity contribution in [3.8, 4) is 5.75 Å². The van der Waals surface area contributed by atoms with Gasteiger partial charge in [-0.05, 0) is 36.8 Å². The predicted molar refractivity (Wildman–Crippen MR) is 87.2 cm³/mol. The van der Waals surface area contributed by atoms with Gasteiger partial charge in [0.1, 0.15) is 17.1 Å². The van der Waals surface area contributed by atoms with Crippen molar-refractivity contribution in [3.05, 3.63) is 74.5 Å². The Morgan fingerprint density at radius 2 is 1.50 bits per heavy atom. The zero-order chi connectivity index (χ0) is 15.7. The molecule has 0 saturated heterocycles. The molecule has 0 aliphatic heterocycles. The number of anilines is 4. The van der Waals surface area contributed by atoms with Crippen LogP contribution < -0.4 is 21.5 Å². The lowest BCUT2D eigenvalue weighted by molar-refractivity contribution is 0.477. The van der Waals surface area contributed by atoms with Gasteiger partial charge in [-0.15, -0.1) is 0 Å². The number of aromatic hydroxyl groups is 1. The number of aryl methyl sites for hydroxylation is 1. The maximum absolute atomic E-state index is 11.8. The van der Waals surface area contributed by atoms with Crippen LogP contribution in [0.3, 0.4) is 0 Å². The van der Waals surface area contributed by atoms with Gasteiger partial charge in [0.25, 0.3) is 10.9 Å². The number of nitrogens with one attached hydrogen (secondary N) is 2. The Labute approximate surface area is 126 Å². The van der Waals surface area contributed by atoms with Crippen molar-refractivity contribution in [2.45, 2.75) is 6.92 Å². The Morgan fingerprint density at radius 3 is 2.14 bits per heavy atom. The highest BCUT2D eigenvalue weighted by Gasteiger charge is 2.21. The monoisotopic (exact) mass is 294 g/mol. The average Bonchev–Trinajstić information content (AvgIpc) is 2.53. The molecule has 3 N–H and O–H groups in total. The lowest BCUT2D eigenvalue weighted by Crippen LogP contribution is -2.35. The van der Waals surface area contributed by atoms with Crippen LogP contribution in [0, 0.1) is 6.92 Å². The zero-order valence-electron chi connectivity index (χ0n) is 11.9. The van der Waals surface area contributed by atoms with Gasteiger partial charge >= 0.3 is 0 Å². The summed E-state index contributed by atoms with van der Waals surface area (Å²) in [4.78, 5) is 23.5. The number of phenols is 1. The first kappa shape index (κ1) is 13.9. The summed E-state index contributed by atoms with van der Waals surface area (Å²) in [5.74, 6) is 0.0266. The normalized spacial score (nSPS) is 10.6. The minimum atomic E-state index is -0.599. The van der Waals surface area contributed by atoms with E-state index in [0.717, 1.165) is 5.56 Å². The average molecular weight is 294 g/mol. The van der Waals surface area contributed by atoms with Gasteiger partial charge in [0.15, 0.2) is 0 Å². The molecule has 22 heavy (non-hydrogen) atoms. The highest BCUT2D eigenvalue weighted by Crippen LogP contribution is 2.30. The van der Waals surface area contributed by atoms with E-state index in [2.05, 4.69) is 10.6 Å². The van der Waals surface area contributed by atoms with E-state index in [0.29, 0.717) is 11.4 Å². The predicted octanol–water partition coefficient (Wildman–Crippen LogP) is 2.78. The molecule has 0 radical (unpaired) electrons. The van der Waals surface area contributed by atoms with E-state index in [9.17, 15) is 14.7 Å². The number of benzene rings is 2. The topological polar surface area (TPSA) is 78.4 Å². The van der Waals surface area contributed by atoms with Crippen LogP contribution in [-0.4, -0.2) is 5.11 Å². The molecule has 5 nitrogen and oxygen atoms in total. The van der Waals surface area contributed by atoms with Crippen LogP contribution in [0.2, 0.25) is 0 Å². The van der Waals surface area contributed by atoms with Gasteiger partial charge in [-0.2, -0.15) is 0 Å². The van der Waals surface area contributed by atoms with Crippen molar-refractivity contribution < 1.29 is 5.11 Å². The van der Waals surface area contributed by atoms with Crippen LogP contribution in [-0.2, 0) is 0 Å². The van der Waals surface area contributed by atoms with E-state index >= 15 is 0 Å². The third kappa shape index (κ3) is 2.44. The number of hydrogen-bond acceptors (Lipinski definition) is 5. The Bertz CT molecular complexity index is 894. The number of rotatable bonds is 4. The molecule has 0 heterocycles. The van der Waals surface area contributed by atoms with E-state index in [1.165, 1.54) is 0 Å². The maximum atomic E-state index is 11.8. The molecule has 0 bridgehead atoms. The highest BCUT2D eigenvalue weighted by atomic mass is 16.3. The Balaban J connectivity index is 1.91. The van der Waals surface area contributed by atoms with Crippen LogP contribution >= 0.6 is 0 Å². The van der Waals surface area contributed by atoms with Crippen LogP contribution in [0.1, 0.15) is 5.56 Å². The molecule has 5 heteroatoms. The van der Waals surface area contributed by atoms with E-state index in [4.69, 9.17) is 0 Å². The molecule has 3 rings (SSSR count). The standard InChI is InChI=1S/C17H14N2O3/c1-10-7-8-12(13(20)9-10)19-15-14(16(21)17(15)22)18-11-5-3-2-4-6-11/h2-9,18-20H,1H3. The van der Waals surface area contributed by atoms with Crippen LogP contribution in [0.25, 0.3) is 0 Å². The van der Waals surface area contributed by atoms with Gasteiger partial charge in [0, 0.05) is 5.69 Å². The Kier molecular flexibility index (Phi) is 3.39. The molecule has 0 aromatic heterocycles. The minimum Gasteiger partial charge on any atom is -0.506 e. The van der Waals surface area contributed by atoms with Crippen molar-refractivity contribution in [2.75, 3.05) is 10.6 Å². The lowest BCUT2D eigenvalue weighted by Gasteiger charge is -2.15. The summed E-state index contributed by atoms with van der Waals surface area (Å²) in [6.45, 7) is 1.85. The fraction of sp³-hybridized carbons (Fsp3) is 0.0588. The molecular formula is C17H14N2O3. The summed E-state index contributed by atoms with van der Waals surface area (Å²) in [5, 5.41) is 15.6. The van der Waals surface area contributed by atoms with E-state index in [-0.39, 0.29) is 17.1 Å². The first-order valence-electron chi connectivity index (χ1n) is 6.78. The molecule has 0 unspecified atom stereocenters. The third-order valence-corrected chi connectivity index (χ3v) is 3.37. The van der Waals surface area contributed by atoms with Gasteiger partial charge in [0.2, 0.25) is 0 Å². The van der Waals surface area contributed by atoms with Crippen LogP contribution in [0.4, 0.5) is 22.7 Å². The van der Waals surface area contributed by atoms with E-state index in [1.54, 1.807) is 30.3 Å². The van der Waals surface area contributed by atoms with E-state index < -0.39 is 10.9 Å². The molecule has 0 saturated carbocycles. The molecular weight excluding hydrogens is 280 g/mol. The van der Waals surface area contributed by atoms with Gasteiger partial charge in [-0.3, -0.25) is 9.59 Å². The second kappa shape index (κ2) is 5.37. The number of hydrogen-bond donors (Lipinski definition) is 3. The zero-order valence-corrected chi connectivity index (χ0v) is 11.9. The summed E-state index contributed by atoms with van der Waals surface area (Å²) in [6, 6.07) is 14.1. The van der Waals surface area contributed by atoms with Gasteiger partial charge in [-0.25, -0.2) is 0 Å². The van der Waals surface area contributed by atoms with Gasteiger partial charge in [-0.1, -0.05) is 24.3 Å². The second-order valence-corrected chi connectivity index (χ2v) is 5.04. The third-order valence-electron chi connectivity index (χ3n) is 3.37. The van der Waals surface area contributed by atoms with Crippen LogP contribution in [0.15, 0.2) is 58.1 Å². The molecule has 3 aromatic rings. The Hall–Kier alpha value is -3.08. The summed E-state index contributed by atoms with van der Waals surface area (Å²) >= 11 is 0. The molecule has 0 amide bonds. The van der Waals surface area contributed by atoms with Crippen molar-refractivity contribution in [1.29, 1.82) is 0 Å². The second-order valence-electron chi connectivity index (χ2n) is 5.04. The van der Waals surface area contributed by atoms with E-state index in [1.807, 2.05) is 25.1 Å². The number of para-hydroxylation sites is 1. The summed E-state index contributed by atoms with van der Waals surface area (Å²) in [6.07, 6.45) is 0. The molecule has 0 aliphatic rings. The lowest BCUT2D eigenvalue weighted by atomic mass is 10.1. The van der Waals surface area contributed by atoms with Gasteiger partial charge in [0.05, 0.1) is 5.69 Å². The minimum absolute atomic E-state index is 0.0266. The molecule has 0 fully saturated rings. The quantitative estimate of drug-likeness (QED) is 0.509. The maximum Gasteiger partial charge on any atom is 0.253 e. The van der Waals surface area contributed by atoms with Crippen molar-refractivity contribution in [3.63, 3.8) is 0 Å². The smallest absolute Gasteiger partial charge is 0.253 e. The Morgan fingerprint density at radius 1 is 0.864 bits per heavy atom. The first-order chi connectivity index (χ1) is 10.6. The molecule has 3 aromatic carbocycles. The van der Waals surface area contributed by atoms with Crippen molar-refractivity contribution in [1.82, 2.24) is 0 Å². The SMILES string of the molecule is Cc1ccc(Nc2c(Nc3ccccc3)c(=O)c2=O)c(O)c1. The summed E-state index contributed by atoms with van der Waals surface area (Å²) in [7, 11) is 0. The molecule has 0 spiro atoms. The van der Waals surface area contributed by atoms with Crippen molar-refractivity contribution in [2.24, 2.45) is 0 Å². The molecule has 110 valence electrons.